The summed E-state index contributed by atoms with van der Waals surface area (Å²) in [5.41, 5.74) is 4.60. The van der Waals surface area contributed by atoms with Crippen LogP contribution >= 0.6 is 0 Å². The molecule has 41 heavy (non-hydrogen) atoms. The van der Waals surface area contributed by atoms with E-state index in [1.54, 1.807) is 19.2 Å². The summed E-state index contributed by atoms with van der Waals surface area (Å²) >= 11 is 0. The average molecular weight is 584 g/mol. The third-order valence-corrected chi connectivity index (χ3v) is 9.53. The van der Waals surface area contributed by atoms with Gasteiger partial charge >= 0.3 is 0 Å². The molecular weight excluding hydrogens is 542 g/mol. The van der Waals surface area contributed by atoms with E-state index in [1.807, 2.05) is 12.3 Å². The number of H-pyrrole nitrogens is 1. The number of fused-ring (bicyclic) bond motifs is 5. The lowest BCUT2D eigenvalue weighted by molar-refractivity contribution is -0.0203. The number of nitrogens with zero attached hydrogens (tertiary/aromatic N) is 1. The number of aromatic amines is 1. The topological polar surface area (TPSA) is 110 Å². The number of aromatic nitrogens is 1. The Morgan fingerprint density at radius 3 is 2.73 bits per heavy atom. The second-order valence-electron chi connectivity index (χ2n) is 11.0. The van der Waals surface area contributed by atoms with Crippen molar-refractivity contribution in [2.75, 3.05) is 32.6 Å². The zero-order chi connectivity index (χ0) is 29.0. The lowest BCUT2D eigenvalue weighted by Crippen LogP contribution is -2.40. The number of sulfonamides is 1. The number of aryl methyl sites for hydroxylation is 1. The van der Waals surface area contributed by atoms with Gasteiger partial charge in [0.2, 0.25) is 10.0 Å². The van der Waals surface area contributed by atoms with Crippen LogP contribution in [0.5, 0.6) is 11.5 Å². The standard InChI is InChI=1S/C31H41N3O6S/c1-4-41(36,37)33-31(35)22-9-10-25-27-19-23(39-15-7-5-6-8-16-40-29(25)18-22)12-14-34(27)20-26-24-11-13-32-30(24)21(2)17-28(26)38-3/h9-11,13,17-18,23,27,32H,4-8,12,14-16,19-20H2,1-3H3,(H,33,35)/t23-,27-/m0/s1. The minimum absolute atomic E-state index is 0.0269. The van der Waals surface area contributed by atoms with E-state index >= 15 is 0 Å². The molecule has 0 saturated carbocycles. The van der Waals surface area contributed by atoms with Gasteiger partial charge in [-0.05, 0) is 75.8 Å². The summed E-state index contributed by atoms with van der Waals surface area (Å²) in [6.45, 7) is 6.36. The van der Waals surface area contributed by atoms with Crippen LogP contribution in [0.1, 0.15) is 78.5 Å². The van der Waals surface area contributed by atoms with Gasteiger partial charge in [0, 0.05) is 59.5 Å². The van der Waals surface area contributed by atoms with Crippen molar-refractivity contribution in [2.45, 2.75) is 71.1 Å². The molecule has 2 atom stereocenters. The van der Waals surface area contributed by atoms with Crippen LogP contribution < -0.4 is 14.2 Å². The molecule has 0 aliphatic carbocycles. The Balaban J connectivity index is 1.53. The van der Waals surface area contributed by atoms with Gasteiger partial charge in [0.25, 0.3) is 5.91 Å². The van der Waals surface area contributed by atoms with Crippen LogP contribution in [0.2, 0.25) is 0 Å². The van der Waals surface area contributed by atoms with E-state index in [-0.39, 0.29) is 23.5 Å². The highest BCUT2D eigenvalue weighted by Crippen LogP contribution is 2.41. The molecule has 9 nitrogen and oxygen atoms in total. The molecule has 3 heterocycles. The van der Waals surface area contributed by atoms with Crippen molar-refractivity contribution in [3.05, 3.63) is 58.8 Å². The molecule has 2 bridgehead atoms. The summed E-state index contributed by atoms with van der Waals surface area (Å²) in [6, 6.07) is 9.46. The van der Waals surface area contributed by atoms with Gasteiger partial charge in [-0.15, -0.1) is 0 Å². The second kappa shape index (κ2) is 12.8. The number of carbonyl (C=O) groups is 1. The molecule has 2 aromatic carbocycles. The Bertz CT molecular complexity index is 1480. The van der Waals surface area contributed by atoms with Crippen LogP contribution in [0.25, 0.3) is 10.9 Å². The third kappa shape index (κ3) is 6.71. The van der Waals surface area contributed by atoms with Gasteiger partial charge in [0.05, 0.1) is 25.6 Å². The summed E-state index contributed by atoms with van der Waals surface area (Å²) < 4.78 is 44.8. The Morgan fingerprint density at radius 2 is 1.95 bits per heavy atom. The van der Waals surface area contributed by atoms with Crippen molar-refractivity contribution in [2.24, 2.45) is 0 Å². The Hall–Kier alpha value is -3.08. The number of ether oxygens (including phenoxy) is 3. The maximum Gasteiger partial charge on any atom is 0.264 e. The first-order valence-electron chi connectivity index (χ1n) is 14.6. The highest BCUT2D eigenvalue weighted by molar-refractivity contribution is 7.90. The van der Waals surface area contributed by atoms with Gasteiger partial charge in [-0.1, -0.05) is 12.5 Å². The molecule has 0 spiro atoms. The fourth-order valence-electron chi connectivity index (χ4n) is 5.97. The molecule has 0 unspecified atom stereocenters. The van der Waals surface area contributed by atoms with Crippen molar-refractivity contribution < 1.29 is 27.4 Å². The fraction of sp³-hybridized carbons (Fsp3) is 0.516. The van der Waals surface area contributed by atoms with E-state index in [2.05, 4.69) is 33.7 Å². The summed E-state index contributed by atoms with van der Waals surface area (Å²) in [7, 11) is -1.97. The molecule has 0 radical (unpaired) electrons. The Kier molecular flexibility index (Phi) is 9.21. The van der Waals surface area contributed by atoms with Crippen LogP contribution in [-0.4, -0.2) is 62.9 Å². The normalized spacial score (nSPS) is 20.7. The van der Waals surface area contributed by atoms with Gasteiger partial charge in [-0.3, -0.25) is 9.69 Å². The van der Waals surface area contributed by atoms with E-state index in [9.17, 15) is 13.2 Å². The maximum absolute atomic E-state index is 12.9. The van der Waals surface area contributed by atoms with Gasteiger partial charge in [-0.25, -0.2) is 13.1 Å². The van der Waals surface area contributed by atoms with Crippen LogP contribution in [0.15, 0.2) is 36.5 Å². The molecule has 1 aromatic heterocycles. The Morgan fingerprint density at radius 1 is 1.15 bits per heavy atom. The SMILES string of the molecule is CCS(=O)(=O)NC(=O)c1ccc2c(c1)OCCCCCCO[C@H]1CCN(Cc3c(OC)cc(C)c4[nH]ccc34)[C@H]2C1. The largest absolute Gasteiger partial charge is 0.496 e. The monoisotopic (exact) mass is 583 g/mol. The number of methoxy groups -OCH3 is 1. The molecule has 5 rings (SSSR count). The van der Waals surface area contributed by atoms with Crippen LogP contribution in [0.3, 0.4) is 0 Å². The van der Waals surface area contributed by atoms with Crippen LogP contribution in [0, 0.1) is 6.92 Å². The van der Waals surface area contributed by atoms with E-state index in [0.29, 0.717) is 18.9 Å². The number of amides is 1. The van der Waals surface area contributed by atoms with Gasteiger partial charge in [0.15, 0.2) is 0 Å². The number of piperidine rings is 1. The molecular formula is C31H41N3O6S. The smallest absolute Gasteiger partial charge is 0.264 e. The van der Waals surface area contributed by atoms with Crippen molar-refractivity contribution >= 4 is 26.8 Å². The van der Waals surface area contributed by atoms with Crippen LogP contribution in [-0.2, 0) is 21.3 Å². The molecule has 3 aromatic rings. The highest BCUT2D eigenvalue weighted by atomic mass is 32.2. The molecule has 1 saturated heterocycles. The van der Waals surface area contributed by atoms with E-state index in [1.165, 1.54) is 6.92 Å². The lowest BCUT2D eigenvalue weighted by Gasteiger charge is -2.40. The maximum atomic E-state index is 12.9. The summed E-state index contributed by atoms with van der Waals surface area (Å²) in [5, 5.41) is 1.14. The molecule has 2 aliphatic heterocycles. The summed E-state index contributed by atoms with van der Waals surface area (Å²) in [4.78, 5) is 18.7. The van der Waals surface area contributed by atoms with Gasteiger partial charge in [0.1, 0.15) is 11.5 Å². The second-order valence-corrected chi connectivity index (χ2v) is 13.0. The molecule has 2 N–H and O–H groups in total. The number of hydrogen-bond donors (Lipinski definition) is 2. The summed E-state index contributed by atoms with van der Waals surface area (Å²) in [6.07, 6.45) is 7.83. The number of rotatable bonds is 6. The first-order chi connectivity index (χ1) is 19.8. The van der Waals surface area contributed by atoms with Gasteiger partial charge in [-0.2, -0.15) is 0 Å². The van der Waals surface area contributed by atoms with Crippen molar-refractivity contribution in [1.82, 2.24) is 14.6 Å². The number of nitrogens with one attached hydrogen (secondary N) is 2. The zero-order valence-electron chi connectivity index (χ0n) is 24.2. The predicted octanol–water partition coefficient (Wildman–Crippen LogP) is 5.24. The van der Waals surface area contributed by atoms with E-state index < -0.39 is 15.9 Å². The first kappa shape index (κ1) is 29.4. The Labute approximate surface area is 242 Å². The van der Waals surface area contributed by atoms with Crippen molar-refractivity contribution in [3.63, 3.8) is 0 Å². The highest BCUT2D eigenvalue weighted by Gasteiger charge is 2.33. The number of hydrogen-bond acceptors (Lipinski definition) is 7. The average Bonchev–Trinajstić information content (AvgIpc) is 3.47. The molecule has 222 valence electrons. The minimum Gasteiger partial charge on any atom is -0.496 e. The predicted molar refractivity (Wildman–Crippen MR) is 159 cm³/mol. The number of carbonyl (C=O) groups excluding carboxylic acids is 1. The third-order valence-electron chi connectivity index (χ3n) is 8.27. The van der Waals surface area contributed by atoms with Crippen LogP contribution in [0.4, 0.5) is 0 Å². The van der Waals surface area contributed by atoms with E-state index in [4.69, 9.17) is 14.2 Å². The van der Waals surface area contributed by atoms with Crippen molar-refractivity contribution in [3.8, 4) is 11.5 Å². The lowest BCUT2D eigenvalue weighted by atomic mass is 9.90. The quantitative estimate of drug-likeness (QED) is 0.408. The number of benzene rings is 2. The molecule has 1 amide bonds. The minimum atomic E-state index is -3.68. The fourth-order valence-corrected chi connectivity index (χ4v) is 6.51. The van der Waals surface area contributed by atoms with E-state index in [0.717, 1.165) is 85.0 Å². The van der Waals surface area contributed by atoms with Gasteiger partial charge < -0.3 is 19.2 Å². The summed E-state index contributed by atoms with van der Waals surface area (Å²) in [5.74, 6) is 0.652. The number of likely N-dealkylation sites (tertiary alicyclic amines) is 1. The first-order valence-corrected chi connectivity index (χ1v) is 16.3. The molecule has 1 fully saturated rings. The zero-order valence-corrected chi connectivity index (χ0v) is 25.0. The molecule has 10 heteroatoms. The van der Waals surface area contributed by atoms with Crippen molar-refractivity contribution in [1.29, 1.82) is 0 Å². The molecule has 2 aliphatic rings.